The van der Waals surface area contributed by atoms with Gasteiger partial charge in [-0.15, -0.1) is 0 Å². The lowest BCUT2D eigenvalue weighted by atomic mass is 10.1. The fourth-order valence-electron chi connectivity index (χ4n) is 3.16. The van der Waals surface area contributed by atoms with Crippen molar-refractivity contribution >= 4 is 17.0 Å². The van der Waals surface area contributed by atoms with Gasteiger partial charge in [0.05, 0.1) is 36.2 Å². The molecule has 0 aliphatic rings. The van der Waals surface area contributed by atoms with E-state index in [-0.39, 0.29) is 0 Å². The molecule has 0 unspecified atom stereocenters. The van der Waals surface area contributed by atoms with Crippen molar-refractivity contribution in [1.82, 2.24) is 9.97 Å². The summed E-state index contributed by atoms with van der Waals surface area (Å²) in [5, 5.41) is 0. The number of rotatable bonds is 5. The Morgan fingerprint density at radius 2 is 1.39 bits per heavy atom. The number of aromatic nitrogens is 2. The first-order valence-corrected chi connectivity index (χ1v) is 9.47. The molecule has 0 radical (unpaired) electrons. The highest BCUT2D eigenvalue weighted by molar-refractivity contribution is 5.95. The number of hydrogen-bond acceptors (Lipinski definition) is 7. The van der Waals surface area contributed by atoms with E-state index < -0.39 is 5.97 Å². The molecular formula is C24H16N2O5. The van der Waals surface area contributed by atoms with E-state index in [0.717, 1.165) is 0 Å². The van der Waals surface area contributed by atoms with Crippen molar-refractivity contribution in [2.45, 2.75) is 0 Å². The molecule has 0 atom stereocenters. The summed E-state index contributed by atoms with van der Waals surface area (Å²) in [6.45, 7) is 0. The van der Waals surface area contributed by atoms with Gasteiger partial charge in [0.25, 0.3) is 0 Å². The van der Waals surface area contributed by atoms with Gasteiger partial charge in [-0.2, -0.15) is 0 Å². The Balaban J connectivity index is 1.53. The van der Waals surface area contributed by atoms with Gasteiger partial charge in [0, 0.05) is 0 Å². The topological polar surface area (TPSA) is 87.6 Å². The average molecular weight is 412 g/mol. The molecule has 0 spiro atoms. The maximum atomic E-state index is 12.6. The Labute approximate surface area is 176 Å². The van der Waals surface area contributed by atoms with Crippen LogP contribution in [0.4, 0.5) is 0 Å². The minimum atomic E-state index is -0.497. The summed E-state index contributed by atoms with van der Waals surface area (Å²) >= 11 is 0. The van der Waals surface area contributed by atoms with Crippen LogP contribution < -0.4 is 9.47 Å². The third-order valence-corrected chi connectivity index (χ3v) is 4.68. The zero-order valence-electron chi connectivity index (χ0n) is 16.4. The molecule has 2 aromatic carbocycles. The highest BCUT2D eigenvalue weighted by Crippen LogP contribution is 2.31. The fraction of sp³-hybridized carbons (Fsp3) is 0.0417. The Morgan fingerprint density at radius 1 is 0.774 bits per heavy atom. The molecule has 0 N–H and O–H groups in total. The SMILES string of the molecule is COc1ccc(OC(=O)c2ccc3nc(-c4ccco4)c(-c4ccco4)nc3c2)cc1. The van der Waals surface area contributed by atoms with Crippen LogP contribution in [-0.2, 0) is 0 Å². The highest BCUT2D eigenvalue weighted by Gasteiger charge is 2.18. The zero-order valence-corrected chi connectivity index (χ0v) is 16.4. The first kappa shape index (κ1) is 18.6. The normalized spacial score (nSPS) is 10.9. The number of benzene rings is 2. The van der Waals surface area contributed by atoms with Crippen LogP contribution in [0.5, 0.6) is 11.5 Å². The Kier molecular flexibility index (Phi) is 4.68. The number of furan rings is 2. The first-order chi connectivity index (χ1) is 15.2. The monoisotopic (exact) mass is 412 g/mol. The molecule has 0 amide bonds. The molecule has 5 rings (SSSR count). The Morgan fingerprint density at radius 3 is 1.97 bits per heavy atom. The quantitative estimate of drug-likeness (QED) is 0.283. The molecule has 0 saturated carbocycles. The molecule has 31 heavy (non-hydrogen) atoms. The van der Waals surface area contributed by atoms with Gasteiger partial charge in [-0.25, -0.2) is 14.8 Å². The van der Waals surface area contributed by atoms with Gasteiger partial charge in [0.1, 0.15) is 22.9 Å². The van der Waals surface area contributed by atoms with Gasteiger partial charge in [-0.3, -0.25) is 0 Å². The van der Waals surface area contributed by atoms with Gasteiger partial charge in [-0.1, -0.05) is 0 Å². The highest BCUT2D eigenvalue weighted by atomic mass is 16.5. The minimum Gasteiger partial charge on any atom is -0.497 e. The van der Waals surface area contributed by atoms with E-state index in [4.69, 9.17) is 28.3 Å². The van der Waals surface area contributed by atoms with Crippen molar-refractivity contribution in [2.24, 2.45) is 0 Å². The minimum absolute atomic E-state index is 0.355. The van der Waals surface area contributed by atoms with Crippen molar-refractivity contribution in [2.75, 3.05) is 7.11 Å². The number of carbonyl (C=O) groups excluding carboxylic acids is 1. The number of esters is 1. The lowest BCUT2D eigenvalue weighted by molar-refractivity contribution is 0.0735. The second kappa shape index (κ2) is 7.79. The zero-order chi connectivity index (χ0) is 21.2. The second-order valence-corrected chi connectivity index (χ2v) is 6.64. The summed E-state index contributed by atoms with van der Waals surface area (Å²) in [5.41, 5.74) is 2.58. The number of methoxy groups -OCH3 is 1. The summed E-state index contributed by atoms with van der Waals surface area (Å²) < 4.78 is 21.6. The van der Waals surface area contributed by atoms with E-state index in [0.29, 0.717) is 51.0 Å². The Hall–Kier alpha value is -4.39. The van der Waals surface area contributed by atoms with Crippen molar-refractivity contribution in [3.05, 3.63) is 84.8 Å². The van der Waals surface area contributed by atoms with Crippen LogP contribution in [0, 0.1) is 0 Å². The molecule has 7 heteroatoms. The van der Waals surface area contributed by atoms with Crippen LogP contribution in [0.15, 0.2) is 88.1 Å². The van der Waals surface area contributed by atoms with Gasteiger partial charge < -0.3 is 18.3 Å². The van der Waals surface area contributed by atoms with Crippen molar-refractivity contribution < 1.29 is 23.1 Å². The molecule has 7 nitrogen and oxygen atoms in total. The van der Waals surface area contributed by atoms with Gasteiger partial charge in [0.2, 0.25) is 0 Å². The van der Waals surface area contributed by atoms with Crippen LogP contribution >= 0.6 is 0 Å². The third kappa shape index (κ3) is 3.64. The van der Waals surface area contributed by atoms with E-state index in [1.165, 1.54) is 0 Å². The van der Waals surface area contributed by atoms with E-state index in [1.807, 2.05) is 6.07 Å². The molecular weight excluding hydrogens is 396 g/mol. The summed E-state index contributed by atoms with van der Waals surface area (Å²) in [6, 6.07) is 19.0. The molecule has 0 fully saturated rings. The van der Waals surface area contributed by atoms with Crippen LogP contribution in [0.1, 0.15) is 10.4 Å². The predicted octanol–water partition coefficient (Wildman–Crippen LogP) is 5.38. The maximum Gasteiger partial charge on any atom is 0.343 e. The van der Waals surface area contributed by atoms with Crippen molar-refractivity contribution in [1.29, 1.82) is 0 Å². The van der Waals surface area contributed by atoms with Crippen LogP contribution in [0.3, 0.4) is 0 Å². The van der Waals surface area contributed by atoms with E-state index in [2.05, 4.69) is 0 Å². The summed E-state index contributed by atoms with van der Waals surface area (Å²) in [6.07, 6.45) is 3.14. The van der Waals surface area contributed by atoms with Crippen LogP contribution in [-0.4, -0.2) is 23.0 Å². The van der Waals surface area contributed by atoms with Gasteiger partial charge >= 0.3 is 5.97 Å². The molecule has 152 valence electrons. The molecule has 5 aromatic rings. The number of nitrogens with zero attached hydrogens (tertiary/aromatic N) is 2. The smallest absolute Gasteiger partial charge is 0.343 e. The van der Waals surface area contributed by atoms with Crippen LogP contribution in [0.25, 0.3) is 33.9 Å². The fourth-order valence-corrected chi connectivity index (χ4v) is 3.16. The number of fused-ring (bicyclic) bond motifs is 1. The molecule has 0 aliphatic heterocycles. The molecule has 3 heterocycles. The lowest BCUT2D eigenvalue weighted by Crippen LogP contribution is -2.08. The number of hydrogen-bond donors (Lipinski definition) is 0. The number of carbonyl (C=O) groups is 1. The van der Waals surface area contributed by atoms with Gasteiger partial charge in [-0.05, 0) is 66.7 Å². The summed E-state index contributed by atoms with van der Waals surface area (Å²) in [5.74, 6) is 1.72. The van der Waals surface area contributed by atoms with Crippen molar-refractivity contribution in [3.8, 4) is 34.4 Å². The van der Waals surface area contributed by atoms with Crippen molar-refractivity contribution in [3.63, 3.8) is 0 Å². The Bertz CT molecular complexity index is 1340. The second-order valence-electron chi connectivity index (χ2n) is 6.64. The summed E-state index contributed by atoms with van der Waals surface area (Å²) in [7, 11) is 1.57. The van der Waals surface area contributed by atoms with E-state index in [9.17, 15) is 4.79 Å². The first-order valence-electron chi connectivity index (χ1n) is 9.47. The average Bonchev–Trinajstić information content (AvgIpc) is 3.53. The van der Waals surface area contributed by atoms with Gasteiger partial charge in [0.15, 0.2) is 11.5 Å². The summed E-state index contributed by atoms with van der Waals surface area (Å²) in [4.78, 5) is 22.0. The lowest BCUT2D eigenvalue weighted by Gasteiger charge is -2.08. The maximum absolute atomic E-state index is 12.6. The van der Waals surface area contributed by atoms with E-state index in [1.54, 1.807) is 80.3 Å². The molecule has 3 aromatic heterocycles. The predicted molar refractivity (Wildman–Crippen MR) is 113 cm³/mol. The largest absolute Gasteiger partial charge is 0.497 e. The molecule has 0 saturated heterocycles. The van der Waals surface area contributed by atoms with Crippen LogP contribution in [0.2, 0.25) is 0 Å². The number of ether oxygens (including phenoxy) is 2. The standard InChI is InChI=1S/C24H16N2O5/c1-28-16-7-9-17(10-8-16)31-24(27)15-6-11-18-19(14-15)26-23(21-5-3-13-30-21)22(25-18)20-4-2-12-29-20/h2-14H,1H3. The molecule has 0 bridgehead atoms. The van der Waals surface area contributed by atoms with E-state index >= 15 is 0 Å². The molecule has 0 aliphatic carbocycles. The third-order valence-electron chi connectivity index (χ3n) is 4.68.